The number of nitrogens with zero attached hydrogens (tertiary/aromatic N) is 3. The zero-order valence-corrected chi connectivity index (χ0v) is 9.82. The van der Waals surface area contributed by atoms with Gasteiger partial charge >= 0.3 is 5.97 Å². The summed E-state index contributed by atoms with van der Waals surface area (Å²) in [5, 5.41) is 13.1. The van der Waals surface area contributed by atoms with Gasteiger partial charge in [0.25, 0.3) is 0 Å². The topological polar surface area (TPSA) is 93.5 Å². The van der Waals surface area contributed by atoms with Gasteiger partial charge in [-0.05, 0) is 24.3 Å². The summed E-state index contributed by atoms with van der Waals surface area (Å²) in [4.78, 5) is 15.1. The number of fused-ring (bicyclic) bond motifs is 1. The molecule has 1 aromatic carbocycles. The van der Waals surface area contributed by atoms with Gasteiger partial charge in [-0.1, -0.05) is 12.1 Å². The van der Waals surface area contributed by atoms with Gasteiger partial charge in [-0.25, -0.2) is 14.3 Å². The summed E-state index contributed by atoms with van der Waals surface area (Å²) >= 11 is 0. The van der Waals surface area contributed by atoms with E-state index in [9.17, 15) is 4.79 Å². The molecule has 2 heterocycles. The fourth-order valence-electron chi connectivity index (χ4n) is 1.81. The molecule has 3 rings (SSSR count). The normalized spacial score (nSPS) is 10.7. The van der Waals surface area contributed by atoms with E-state index < -0.39 is 5.97 Å². The van der Waals surface area contributed by atoms with Crippen LogP contribution in [0.1, 0.15) is 10.4 Å². The molecule has 6 nitrogen and oxygen atoms in total. The minimum absolute atomic E-state index is 0.229. The number of carboxylic acids is 1. The number of aromatic nitrogens is 3. The molecule has 6 heteroatoms. The summed E-state index contributed by atoms with van der Waals surface area (Å²) < 4.78 is 1.59. The van der Waals surface area contributed by atoms with Gasteiger partial charge in [0.1, 0.15) is 0 Å². The van der Waals surface area contributed by atoms with Gasteiger partial charge in [0.2, 0.25) is 0 Å². The first kappa shape index (κ1) is 11.2. The van der Waals surface area contributed by atoms with E-state index in [1.54, 1.807) is 35.0 Å². The predicted octanol–water partition coefficient (Wildman–Crippen LogP) is 1.68. The lowest BCUT2D eigenvalue weighted by Gasteiger charge is -1.96. The van der Waals surface area contributed by atoms with E-state index in [0.717, 1.165) is 5.56 Å². The minimum Gasteiger partial charge on any atom is -0.478 e. The molecule has 0 fully saturated rings. The second kappa shape index (κ2) is 4.09. The standard InChI is InChI=1S/C13H10N4O2/c14-10-2-1-7-17-12(10)15-11(16-17)8-3-5-9(6-4-8)13(18)19/h1-7H,14H2,(H,18,19). The highest BCUT2D eigenvalue weighted by atomic mass is 16.4. The average Bonchev–Trinajstić information content (AvgIpc) is 2.84. The Morgan fingerprint density at radius 1 is 1.21 bits per heavy atom. The van der Waals surface area contributed by atoms with Crippen LogP contribution in [0, 0.1) is 0 Å². The van der Waals surface area contributed by atoms with Crippen LogP contribution in [0.25, 0.3) is 17.0 Å². The monoisotopic (exact) mass is 254 g/mol. The maximum absolute atomic E-state index is 10.8. The van der Waals surface area contributed by atoms with Gasteiger partial charge in [-0.2, -0.15) is 0 Å². The molecule has 0 bridgehead atoms. The summed E-state index contributed by atoms with van der Waals surface area (Å²) in [6.07, 6.45) is 1.76. The smallest absolute Gasteiger partial charge is 0.335 e. The van der Waals surface area contributed by atoms with Crippen molar-refractivity contribution >= 4 is 17.3 Å². The Morgan fingerprint density at radius 3 is 2.58 bits per heavy atom. The number of aromatic carboxylic acids is 1. The zero-order chi connectivity index (χ0) is 13.4. The second-order valence-electron chi connectivity index (χ2n) is 4.05. The molecule has 0 aliphatic rings. The molecule has 0 radical (unpaired) electrons. The van der Waals surface area contributed by atoms with Crippen molar-refractivity contribution in [1.82, 2.24) is 14.6 Å². The molecule has 0 spiro atoms. The average molecular weight is 254 g/mol. The lowest BCUT2D eigenvalue weighted by molar-refractivity contribution is 0.0697. The molecule has 3 aromatic rings. The van der Waals surface area contributed by atoms with Gasteiger partial charge in [-0.3, -0.25) is 0 Å². The Hall–Kier alpha value is -2.89. The molecular formula is C13H10N4O2. The Labute approximate surface area is 108 Å². The summed E-state index contributed by atoms with van der Waals surface area (Å²) in [6, 6.07) is 9.93. The van der Waals surface area contributed by atoms with Gasteiger partial charge in [0.15, 0.2) is 11.5 Å². The quantitative estimate of drug-likeness (QED) is 0.725. The van der Waals surface area contributed by atoms with Crippen molar-refractivity contribution in [3.63, 3.8) is 0 Å². The maximum Gasteiger partial charge on any atom is 0.335 e. The first-order valence-electron chi connectivity index (χ1n) is 5.60. The highest BCUT2D eigenvalue weighted by Crippen LogP contribution is 2.19. The summed E-state index contributed by atoms with van der Waals surface area (Å²) in [7, 11) is 0. The van der Waals surface area contributed by atoms with Crippen LogP contribution < -0.4 is 5.73 Å². The number of rotatable bonds is 2. The summed E-state index contributed by atoms with van der Waals surface area (Å²) in [5.74, 6) is -0.450. The molecule has 19 heavy (non-hydrogen) atoms. The Bertz CT molecular complexity index is 762. The number of carbonyl (C=O) groups is 1. The van der Waals surface area contributed by atoms with Crippen LogP contribution in [0.4, 0.5) is 5.69 Å². The molecule has 0 atom stereocenters. The maximum atomic E-state index is 10.8. The van der Waals surface area contributed by atoms with Crippen molar-refractivity contribution in [3.8, 4) is 11.4 Å². The first-order chi connectivity index (χ1) is 9.15. The number of benzene rings is 1. The molecule has 0 unspecified atom stereocenters. The van der Waals surface area contributed by atoms with Crippen molar-refractivity contribution in [1.29, 1.82) is 0 Å². The molecule has 3 N–H and O–H groups in total. The number of carboxylic acid groups (broad SMARTS) is 1. The molecule has 0 saturated carbocycles. The highest BCUT2D eigenvalue weighted by Gasteiger charge is 2.09. The van der Waals surface area contributed by atoms with E-state index in [2.05, 4.69) is 10.1 Å². The van der Waals surface area contributed by atoms with Crippen LogP contribution in [-0.2, 0) is 0 Å². The van der Waals surface area contributed by atoms with E-state index in [-0.39, 0.29) is 5.56 Å². The second-order valence-corrected chi connectivity index (χ2v) is 4.05. The van der Waals surface area contributed by atoms with Crippen LogP contribution in [0.5, 0.6) is 0 Å². The molecule has 0 saturated heterocycles. The van der Waals surface area contributed by atoms with Crippen LogP contribution in [0.15, 0.2) is 42.6 Å². The van der Waals surface area contributed by atoms with E-state index in [0.29, 0.717) is 17.2 Å². The van der Waals surface area contributed by atoms with Crippen molar-refractivity contribution < 1.29 is 9.90 Å². The molecule has 0 amide bonds. The number of nitrogen functional groups attached to an aromatic ring is 1. The summed E-state index contributed by atoms with van der Waals surface area (Å²) in [5.41, 5.74) is 7.91. The fraction of sp³-hybridized carbons (Fsp3) is 0. The Kier molecular flexibility index (Phi) is 2.42. The van der Waals surface area contributed by atoms with Gasteiger partial charge < -0.3 is 10.8 Å². The largest absolute Gasteiger partial charge is 0.478 e. The summed E-state index contributed by atoms with van der Waals surface area (Å²) in [6.45, 7) is 0. The van der Waals surface area contributed by atoms with E-state index >= 15 is 0 Å². The van der Waals surface area contributed by atoms with Gasteiger partial charge in [0, 0.05) is 11.8 Å². The fourth-order valence-corrected chi connectivity index (χ4v) is 1.81. The molecule has 0 aliphatic carbocycles. The minimum atomic E-state index is -0.959. The van der Waals surface area contributed by atoms with Crippen molar-refractivity contribution in [2.75, 3.05) is 5.73 Å². The zero-order valence-electron chi connectivity index (χ0n) is 9.82. The van der Waals surface area contributed by atoms with E-state index in [1.165, 1.54) is 12.1 Å². The Balaban J connectivity index is 2.09. The highest BCUT2D eigenvalue weighted by molar-refractivity contribution is 5.88. The van der Waals surface area contributed by atoms with Crippen LogP contribution >= 0.6 is 0 Å². The third-order valence-corrected chi connectivity index (χ3v) is 2.78. The van der Waals surface area contributed by atoms with E-state index in [1.807, 2.05) is 0 Å². The molecular weight excluding hydrogens is 244 g/mol. The van der Waals surface area contributed by atoms with Crippen molar-refractivity contribution in [2.24, 2.45) is 0 Å². The SMILES string of the molecule is Nc1cccn2nc(-c3ccc(C(=O)O)cc3)nc12. The van der Waals surface area contributed by atoms with Crippen LogP contribution in [0.2, 0.25) is 0 Å². The number of hydrogen-bond acceptors (Lipinski definition) is 4. The lowest BCUT2D eigenvalue weighted by Crippen LogP contribution is -1.95. The van der Waals surface area contributed by atoms with Gasteiger partial charge in [-0.15, -0.1) is 5.10 Å². The number of hydrogen-bond donors (Lipinski definition) is 2. The number of pyridine rings is 1. The lowest BCUT2D eigenvalue weighted by atomic mass is 10.1. The third-order valence-electron chi connectivity index (χ3n) is 2.78. The van der Waals surface area contributed by atoms with Crippen molar-refractivity contribution in [2.45, 2.75) is 0 Å². The Morgan fingerprint density at radius 2 is 1.95 bits per heavy atom. The van der Waals surface area contributed by atoms with E-state index in [4.69, 9.17) is 10.8 Å². The predicted molar refractivity (Wildman–Crippen MR) is 69.8 cm³/mol. The van der Waals surface area contributed by atoms with Crippen LogP contribution in [0.3, 0.4) is 0 Å². The van der Waals surface area contributed by atoms with Gasteiger partial charge in [0.05, 0.1) is 11.3 Å². The third kappa shape index (κ3) is 1.89. The van der Waals surface area contributed by atoms with Crippen LogP contribution in [-0.4, -0.2) is 25.7 Å². The first-order valence-corrected chi connectivity index (χ1v) is 5.60. The molecule has 2 aromatic heterocycles. The van der Waals surface area contributed by atoms with Crippen molar-refractivity contribution in [3.05, 3.63) is 48.2 Å². The number of nitrogens with two attached hydrogens (primary N) is 1. The molecule has 0 aliphatic heterocycles. The molecule has 94 valence electrons. The number of anilines is 1.